The number of rotatable bonds is 3. The van der Waals surface area contributed by atoms with Crippen molar-refractivity contribution in [2.24, 2.45) is 0 Å². The van der Waals surface area contributed by atoms with Gasteiger partial charge in [0.05, 0.1) is 0 Å². The number of carbonyl (C=O) groups excluding carboxylic acids is 1. The van der Waals surface area contributed by atoms with Crippen molar-refractivity contribution in [1.82, 2.24) is 0 Å². The molecule has 0 bridgehead atoms. The maximum Gasteiger partial charge on any atom is 0.185 e. The van der Waals surface area contributed by atoms with E-state index in [9.17, 15) is 4.79 Å². The number of benzene rings is 2. The largest absolute Gasteiger partial charge is 0.365 e. The summed E-state index contributed by atoms with van der Waals surface area (Å²) in [6, 6.07) is 13.6. The fourth-order valence-electron chi connectivity index (χ4n) is 2.59. The minimum atomic E-state index is -0.342. The van der Waals surface area contributed by atoms with Crippen molar-refractivity contribution in [3.63, 3.8) is 0 Å². The van der Waals surface area contributed by atoms with Crippen molar-refractivity contribution < 1.29 is 4.79 Å². The summed E-state index contributed by atoms with van der Waals surface area (Å²) in [5, 5.41) is 3.28. The Labute approximate surface area is 141 Å². The molecular formula is C20H18ClNO. The third-order valence-electron chi connectivity index (χ3n) is 3.95. The second-order valence-corrected chi connectivity index (χ2v) is 6.19. The topological polar surface area (TPSA) is 29.1 Å². The van der Waals surface area contributed by atoms with Crippen molar-refractivity contribution in [3.05, 3.63) is 82.4 Å². The lowest BCUT2D eigenvalue weighted by Gasteiger charge is -2.23. The molecule has 1 unspecified atom stereocenters. The molecule has 2 aromatic rings. The van der Waals surface area contributed by atoms with Gasteiger partial charge in [0.2, 0.25) is 0 Å². The van der Waals surface area contributed by atoms with Gasteiger partial charge in [-0.25, -0.2) is 0 Å². The first-order valence-corrected chi connectivity index (χ1v) is 7.99. The molecule has 116 valence electrons. The number of halogens is 1. The van der Waals surface area contributed by atoms with E-state index in [1.165, 1.54) is 0 Å². The number of allylic oxidation sites excluding steroid dienone is 1. The average Bonchev–Trinajstić information content (AvgIpc) is 2.54. The molecular weight excluding hydrogens is 306 g/mol. The van der Waals surface area contributed by atoms with Gasteiger partial charge in [0.25, 0.3) is 0 Å². The molecule has 0 amide bonds. The first-order chi connectivity index (χ1) is 11.0. The van der Waals surface area contributed by atoms with Crippen molar-refractivity contribution in [2.45, 2.75) is 19.3 Å². The molecule has 1 heterocycles. The highest BCUT2D eigenvalue weighted by atomic mass is 35.5. The maximum atomic E-state index is 12.2. The van der Waals surface area contributed by atoms with Crippen LogP contribution in [-0.2, 0) is 0 Å². The van der Waals surface area contributed by atoms with Gasteiger partial charge in [-0.05, 0) is 42.7 Å². The number of para-hydroxylation sites is 1. The van der Waals surface area contributed by atoms with Crippen LogP contribution in [0.2, 0.25) is 0 Å². The highest BCUT2D eigenvalue weighted by molar-refractivity contribution is 6.24. The van der Waals surface area contributed by atoms with E-state index in [1.54, 1.807) is 12.2 Å². The molecule has 0 aliphatic carbocycles. The summed E-state index contributed by atoms with van der Waals surface area (Å²) >= 11 is 6.39. The van der Waals surface area contributed by atoms with Crippen molar-refractivity contribution in [1.29, 1.82) is 0 Å². The van der Waals surface area contributed by atoms with E-state index in [0.717, 1.165) is 28.0 Å². The minimum Gasteiger partial charge on any atom is -0.365 e. The molecule has 0 radical (unpaired) electrons. The highest BCUT2D eigenvalue weighted by Gasteiger charge is 2.18. The van der Waals surface area contributed by atoms with Gasteiger partial charge in [0.1, 0.15) is 5.50 Å². The lowest BCUT2D eigenvalue weighted by molar-refractivity contribution is 0.104. The number of carbonyl (C=O) groups is 1. The van der Waals surface area contributed by atoms with E-state index in [-0.39, 0.29) is 11.3 Å². The molecule has 0 saturated heterocycles. The normalized spacial score (nSPS) is 16.7. The highest BCUT2D eigenvalue weighted by Crippen LogP contribution is 2.31. The van der Waals surface area contributed by atoms with Crippen LogP contribution in [0.3, 0.4) is 0 Å². The lowest BCUT2D eigenvalue weighted by Crippen LogP contribution is -2.19. The Morgan fingerprint density at radius 1 is 1.13 bits per heavy atom. The van der Waals surface area contributed by atoms with Gasteiger partial charge in [-0.1, -0.05) is 65.7 Å². The smallest absolute Gasteiger partial charge is 0.185 e. The Morgan fingerprint density at radius 2 is 1.87 bits per heavy atom. The average molecular weight is 324 g/mol. The molecule has 1 atom stereocenters. The Bertz CT molecular complexity index is 803. The van der Waals surface area contributed by atoms with Gasteiger partial charge < -0.3 is 5.32 Å². The van der Waals surface area contributed by atoms with Gasteiger partial charge in [0, 0.05) is 11.3 Å². The second-order valence-electron chi connectivity index (χ2n) is 5.75. The number of anilines is 1. The number of fused-ring (bicyclic) bond motifs is 1. The number of hydrogen-bond acceptors (Lipinski definition) is 2. The molecule has 0 saturated carbocycles. The van der Waals surface area contributed by atoms with Gasteiger partial charge in [-0.2, -0.15) is 0 Å². The molecule has 3 heteroatoms. The van der Waals surface area contributed by atoms with Crippen LogP contribution >= 0.6 is 11.6 Å². The zero-order chi connectivity index (χ0) is 16.4. The van der Waals surface area contributed by atoms with Gasteiger partial charge in [0.15, 0.2) is 5.78 Å². The maximum absolute atomic E-state index is 12.2. The zero-order valence-corrected chi connectivity index (χ0v) is 13.9. The summed E-state index contributed by atoms with van der Waals surface area (Å²) < 4.78 is 0. The first-order valence-electron chi connectivity index (χ1n) is 7.55. The van der Waals surface area contributed by atoms with E-state index in [4.69, 9.17) is 11.6 Å². The fourth-order valence-corrected chi connectivity index (χ4v) is 2.83. The van der Waals surface area contributed by atoms with Crippen LogP contribution in [0, 0.1) is 13.8 Å². The van der Waals surface area contributed by atoms with Crippen LogP contribution in [0.4, 0.5) is 5.69 Å². The molecule has 0 spiro atoms. The quantitative estimate of drug-likeness (QED) is 0.368. The van der Waals surface area contributed by atoms with Crippen molar-refractivity contribution >= 4 is 29.1 Å². The third kappa shape index (κ3) is 3.38. The summed E-state index contributed by atoms with van der Waals surface area (Å²) in [4.78, 5) is 12.2. The van der Waals surface area contributed by atoms with Crippen LogP contribution in [-0.4, -0.2) is 11.3 Å². The summed E-state index contributed by atoms with van der Waals surface area (Å²) in [6.07, 6.45) is 5.39. The molecule has 23 heavy (non-hydrogen) atoms. The molecule has 3 rings (SSSR count). The van der Waals surface area contributed by atoms with Crippen LogP contribution in [0.25, 0.3) is 6.08 Å². The molecule has 1 aliphatic rings. The Morgan fingerprint density at radius 3 is 2.61 bits per heavy atom. The number of alkyl halides is 1. The second kappa shape index (κ2) is 6.43. The first kappa shape index (κ1) is 15.6. The number of nitrogens with one attached hydrogen (secondary N) is 1. The minimum absolute atomic E-state index is 0.0233. The van der Waals surface area contributed by atoms with Gasteiger partial charge in [-0.15, -0.1) is 0 Å². The molecule has 1 N–H and O–H groups in total. The SMILES string of the molecule is Cc1ccc(C(=O)/C=C/C2=Cc3cccc(C)c3NC2Cl)cc1. The molecule has 1 aliphatic heterocycles. The van der Waals surface area contributed by atoms with Gasteiger partial charge in [-0.3, -0.25) is 4.79 Å². The monoisotopic (exact) mass is 323 g/mol. The van der Waals surface area contributed by atoms with Crippen LogP contribution in [0.15, 0.2) is 60.2 Å². The van der Waals surface area contributed by atoms with E-state index in [1.807, 2.05) is 62.4 Å². The number of ketones is 1. The fraction of sp³-hybridized carbons (Fsp3) is 0.150. The van der Waals surface area contributed by atoms with Crippen molar-refractivity contribution in [2.75, 3.05) is 5.32 Å². The van der Waals surface area contributed by atoms with E-state index >= 15 is 0 Å². The Hall–Kier alpha value is -2.32. The van der Waals surface area contributed by atoms with E-state index < -0.39 is 0 Å². The lowest BCUT2D eigenvalue weighted by atomic mass is 10.00. The van der Waals surface area contributed by atoms with E-state index in [0.29, 0.717) is 5.56 Å². The predicted molar refractivity (Wildman–Crippen MR) is 97.1 cm³/mol. The molecule has 0 fully saturated rings. The third-order valence-corrected chi connectivity index (χ3v) is 4.32. The Kier molecular flexibility index (Phi) is 4.35. The zero-order valence-electron chi connectivity index (χ0n) is 13.1. The molecule has 0 aromatic heterocycles. The summed E-state index contributed by atoms with van der Waals surface area (Å²) in [7, 11) is 0. The summed E-state index contributed by atoms with van der Waals surface area (Å²) in [5.74, 6) is -0.0233. The molecule has 2 nitrogen and oxygen atoms in total. The predicted octanol–water partition coefficient (Wildman–Crippen LogP) is 5.12. The van der Waals surface area contributed by atoms with E-state index in [2.05, 4.69) is 5.32 Å². The summed E-state index contributed by atoms with van der Waals surface area (Å²) in [6.45, 7) is 4.05. The number of hydrogen-bond donors (Lipinski definition) is 1. The van der Waals surface area contributed by atoms with Crippen LogP contribution in [0.5, 0.6) is 0 Å². The summed E-state index contributed by atoms with van der Waals surface area (Å²) in [5.41, 5.74) is 5.65. The number of aryl methyl sites for hydroxylation is 2. The van der Waals surface area contributed by atoms with Crippen LogP contribution < -0.4 is 5.32 Å². The van der Waals surface area contributed by atoms with Crippen molar-refractivity contribution in [3.8, 4) is 0 Å². The Balaban J connectivity index is 1.84. The van der Waals surface area contributed by atoms with Gasteiger partial charge >= 0.3 is 0 Å². The standard InChI is InChI=1S/C20H18ClNO/c1-13-6-8-15(9-7-13)18(23)11-10-17-12-16-5-3-4-14(2)19(16)22-20(17)21/h3-12,20,22H,1-2H3/b11-10+. The molecule has 2 aromatic carbocycles. The van der Waals surface area contributed by atoms with Crippen LogP contribution in [0.1, 0.15) is 27.0 Å².